The minimum absolute atomic E-state index is 0.0226. The van der Waals surface area contributed by atoms with Gasteiger partial charge in [-0.1, -0.05) is 6.92 Å². The largest absolute Gasteiger partial charge is 0.368 e. The molecule has 10 heteroatoms. The fraction of sp³-hybridized carbons (Fsp3) is 0.158. The summed E-state index contributed by atoms with van der Waals surface area (Å²) in [7, 11) is 0. The van der Waals surface area contributed by atoms with E-state index in [0.29, 0.717) is 28.4 Å². The van der Waals surface area contributed by atoms with Gasteiger partial charge >= 0.3 is 0 Å². The zero-order chi connectivity index (χ0) is 20.2. The Bertz CT molecular complexity index is 1260. The molecule has 2 aliphatic rings. The summed E-state index contributed by atoms with van der Waals surface area (Å²) in [4.78, 5) is 21.0. The standard InChI is InChI=1S/C19H16FN9/c1-10(19(22)16-17(25-9-24-16)26-18(21)27-19)15-13-5-4-11(20)7-14(13)29(28-15)12-3-2-6-23-8-12/h2-10H,22H2,1H3,(H2,21,27). The number of aliphatic imine (C=N–C) groups is 4. The van der Waals surface area contributed by atoms with E-state index in [1.807, 2.05) is 13.0 Å². The second-order valence-corrected chi connectivity index (χ2v) is 6.84. The van der Waals surface area contributed by atoms with Crippen molar-refractivity contribution in [2.24, 2.45) is 31.4 Å². The van der Waals surface area contributed by atoms with Crippen LogP contribution >= 0.6 is 0 Å². The van der Waals surface area contributed by atoms with Gasteiger partial charge in [-0.3, -0.25) is 4.98 Å². The van der Waals surface area contributed by atoms with Gasteiger partial charge < -0.3 is 11.5 Å². The highest BCUT2D eigenvalue weighted by Gasteiger charge is 2.46. The number of fused-ring (bicyclic) bond motifs is 2. The van der Waals surface area contributed by atoms with Gasteiger partial charge in [-0.25, -0.2) is 24.0 Å². The summed E-state index contributed by atoms with van der Waals surface area (Å²) < 4.78 is 15.7. The Hall–Kier alpha value is -3.79. The molecule has 2 atom stereocenters. The molecule has 2 unspecified atom stereocenters. The molecule has 0 saturated carbocycles. The number of rotatable bonds is 3. The lowest BCUT2D eigenvalue weighted by molar-refractivity contribution is 0.490. The third-order valence-corrected chi connectivity index (χ3v) is 5.11. The fourth-order valence-corrected chi connectivity index (χ4v) is 3.62. The number of aromatic nitrogens is 3. The second-order valence-electron chi connectivity index (χ2n) is 6.84. The number of nitrogens with zero attached hydrogens (tertiary/aromatic N) is 7. The van der Waals surface area contributed by atoms with Gasteiger partial charge in [-0.05, 0) is 24.3 Å². The Morgan fingerprint density at radius 2 is 2.10 bits per heavy atom. The molecule has 4 N–H and O–H groups in total. The van der Waals surface area contributed by atoms with Crippen LogP contribution in [0.5, 0.6) is 0 Å². The first-order valence-electron chi connectivity index (χ1n) is 8.90. The molecule has 4 heterocycles. The molecule has 0 amide bonds. The molecular formula is C19H16FN9. The van der Waals surface area contributed by atoms with E-state index in [1.54, 1.807) is 29.2 Å². The maximum Gasteiger partial charge on any atom is 0.219 e. The zero-order valence-corrected chi connectivity index (χ0v) is 15.4. The molecule has 1 aromatic carbocycles. The summed E-state index contributed by atoms with van der Waals surface area (Å²) in [6.45, 7) is 1.87. The monoisotopic (exact) mass is 389 g/mol. The molecular weight excluding hydrogens is 373 g/mol. The first kappa shape index (κ1) is 17.3. The van der Waals surface area contributed by atoms with Crippen molar-refractivity contribution >= 4 is 34.7 Å². The van der Waals surface area contributed by atoms with Crippen molar-refractivity contribution in [3.8, 4) is 5.69 Å². The Labute approximate surface area is 164 Å². The number of pyridine rings is 1. The van der Waals surface area contributed by atoms with Gasteiger partial charge in [0.15, 0.2) is 11.5 Å². The van der Waals surface area contributed by atoms with Crippen LogP contribution < -0.4 is 11.5 Å². The molecule has 0 radical (unpaired) electrons. The number of guanidine groups is 1. The molecule has 2 aromatic heterocycles. The predicted octanol–water partition coefficient (Wildman–Crippen LogP) is 1.53. The summed E-state index contributed by atoms with van der Waals surface area (Å²) in [5, 5.41) is 5.49. The van der Waals surface area contributed by atoms with Crippen molar-refractivity contribution in [2.75, 3.05) is 0 Å². The summed E-state index contributed by atoms with van der Waals surface area (Å²) in [5.74, 6) is -0.465. The Balaban J connectivity index is 1.71. The van der Waals surface area contributed by atoms with Crippen LogP contribution in [-0.4, -0.2) is 44.3 Å². The Morgan fingerprint density at radius 1 is 1.24 bits per heavy atom. The third-order valence-electron chi connectivity index (χ3n) is 5.11. The topological polar surface area (TPSA) is 132 Å². The summed E-state index contributed by atoms with van der Waals surface area (Å²) in [6.07, 6.45) is 4.69. The van der Waals surface area contributed by atoms with Gasteiger partial charge in [0.1, 0.15) is 17.9 Å². The van der Waals surface area contributed by atoms with E-state index in [9.17, 15) is 4.39 Å². The van der Waals surface area contributed by atoms with Crippen LogP contribution in [0.25, 0.3) is 16.6 Å². The molecule has 144 valence electrons. The van der Waals surface area contributed by atoms with E-state index in [1.165, 1.54) is 18.5 Å². The average molecular weight is 389 g/mol. The van der Waals surface area contributed by atoms with Crippen molar-refractivity contribution in [1.82, 2.24) is 14.8 Å². The number of halogens is 1. The molecule has 2 aliphatic heterocycles. The number of hydrogen-bond donors (Lipinski definition) is 2. The number of amidine groups is 1. The highest BCUT2D eigenvalue weighted by Crippen LogP contribution is 2.36. The van der Waals surface area contributed by atoms with Crippen molar-refractivity contribution in [2.45, 2.75) is 18.5 Å². The molecule has 0 fully saturated rings. The lowest BCUT2D eigenvalue weighted by atomic mass is 9.85. The van der Waals surface area contributed by atoms with E-state index in [-0.39, 0.29) is 11.8 Å². The van der Waals surface area contributed by atoms with Crippen LogP contribution in [0.3, 0.4) is 0 Å². The highest BCUT2D eigenvalue weighted by atomic mass is 19.1. The van der Waals surface area contributed by atoms with Crippen molar-refractivity contribution in [3.63, 3.8) is 0 Å². The molecule has 0 saturated heterocycles. The van der Waals surface area contributed by atoms with Gasteiger partial charge in [-0.2, -0.15) is 10.1 Å². The SMILES string of the molecule is CC(c1nn(-c2cccnc2)c2cc(F)ccc12)C1(N)N=C(N)N=C2N=CN=C21. The van der Waals surface area contributed by atoms with Crippen LogP contribution in [0.4, 0.5) is 4.39 Å². The smallest absolute Gasteiger partial charge is 0.219 e. The highest BCUT2D eigenvalue weighted by molar-refractivity contribution is 6.51. The van der Waals surface area contributed by atoms with Gasteiger partial charge in [0.25, 0.3) is 0 Å². The maximum atomic E-state index is 14.0. The van der Waals surface area contributed by atoms with Crippen molar-refractivity contribution in [1.29, 1.82) is 0 Å². The van der Waals surface area contributed by atoms with Gasteiger partial charge in [0.2, 0.25) is 5.96 Å². The summed E-state index contributed by atoms with van der Waals surface area (Å²) in [5.41, 5.74) is 13.6. The lowest BCUT2D eigenvalue weighted by Gasteiger charge is -2.32. The van der Waals surface area contributed by atoms with Crippen LogP contribution in [0.15, 0.2) is 62.7 Å². The summed E-state index contributed by atoms with van der Waals surface area (Å²) in [6, 6.07) is 8.12. The number of hydrogen-bond acceptors (Lipinski definition) is 8. The second kappa shape index (κ2) is 6.11. The lowest BCUT2D eigenvalue weighted by Crippen LogP contribution is -2.55. The van der Waals surface area contributed by atoms with Crippen LogP contribution in [0.1, 0.15) is 18.5 Å². The van der Waals surface area contributed by atoms with Crippen molar-refractivity contribution in [3.05, 3.63) is 54.2 Å². The quantitative estimate of drug-likeness (QED) is 0.703. The third kappa shape index (κ3) is 2.57. The van der Waals surface area contributed by atoms with E-state index in [4.69, 9.17) is 16.6 Å². The minimum Gasteiger partial charge on any atom is -0.368 e. The molecule has 9 nitrogen and oxygen atoms in total. The van der Waals surface area contributed by atoms with E-state index >= 15 is 0 Å². The van der Waals surface area contributed by atoms with Gasteiger partial charge in [-0.15, -0.1) is 0 Å². The number of benzene rings is 1. The molecule has 0 spiro atoms. The average Bonchev–Trinajstić information content (AvgIpc) is 3.32. The first-order valence-corrected chi connectivity index (χ1v) is 8.90. The van der Waals surface area contributed by atoms with E-state index in [0.717, 1.165) is 5.39 Å². The molecule has 5 rings (SSSR count). The Morgan fingerprint density at radius 3 is 2.90 bits per heavy atom. The van der Waals surface area contributed by atoms with Gasteiger partial charge in [0.05, 0.1) is 23.1 Å². The molecule has 0 bridgehead atoms. The predicted molar refractivity (Wildman–Crippen MR) is 109 cm³/mol. The van der Waals surface area contributed by atoms with E-state index < -0.39 is 11.6 Å². The van der Waals surface area contributed by atoms with Gasteiger partial charge in [0, 0.05) is 23.6 Å². The molecule has 29 heavy (non-hydrogen) atoms. The first-order chi connectivity index (χ1) is 14.0. The van der Waals surface area contributed by atoms with Crippen LogP contribution in [-0.2, 0) is 0 Å². The zero-order valence-electron chi connectivity index (χ0n) is 15.4. The fourth-order valence-electron chi connectivity index (χ4n) is 3.62. The van der Waals surface area contributed by atoms with Crippen LogP contribution in [0.2, 0.25) is 0 Å². The normalized spacial score (nSPS) is 21.6. The van der Waals surface area contributed by atoms with Crippen LogP contribution in [0, 0.1) is 5.82 Å². The number of nitrogens with two attached hydrogens (primary N) is 2. The van der Waals surface area contributed by atoms with Crippen molar-refractivity contribution < 1.29 is 4.39 Å². The minimum atomic E-state index is -1.31. The van der Waals surface area contributed by atoms with E-state index in [2.05, 4.69) is 25.0 Å². The molecule has 0 aliphatic carbocycles. The molecule has 3 aromatic rings. The maximum absolute atomic E-state index is 14.0. The summed E-state index contributed by atoms with van der Waals surface area (Å²) >= 11 is 0. The Kier molecular flexibility index (Phi) is 3.65.